The first-order chi connectivity index (χ1) is 12.5. The lowest BCUT2D eigenvalue weighted by Crippen LogP contribution is -2.20. The van der Waals surface area contributed by atoms with Gasteiger partial charge < -0.3 is 10.1 Å². The van der Waals surface area contributed by atoms with Gasteiger partial charge in [0.15, 0.2) is 6.61 Å². The Labute approximate surface area is 162 Å². The van der Waals surface area contributed by atoms with Gasteiger partial charge >= 0.3 is 5.97 Å². The van der Waals surface area contributed by atoms with Crippen LogP contribution in [0.5, 0.6) is 0 Å². The fourth-order valence-electron chi connectivity index (χ4n) is 2.19. The molecular weight excluding hydrogens is 395 g/mol. The van der Waals surface area contributed by atoms with Crippen LogP contribution in [0, 0.1) is 11.3 Å². The van der Waals surface area contributed by atoms with E-state index in [2.05, 4.69) is 5.32 Å². The standard InChI is InChI=1S/C18H10Cl2N2O3S/c19-11-3-6-13-14(7-11)26-17(16(13)20)18(24)25-9-15(23)22-12-4-1-10(8-21)2-5-12/h1-7H,9H2,(H,22,23). The summed E-state index contributed by atoms with van der Waals surface area (Å²) in [6.45, 7) is -0.454. The average Bonchev–Trinajstić information content (AvgIpc) is 2.96. The molecule has 130 valence electrons. The Kier molecular flexibility index (Phi) is 5.43. The Hall–Kier alpha value is -2.59. The second kappa shape index (κ2) is 7.75. The fourth-order valence-corrected chi connectivity index (χ4v) is 3.87. The number of amides is 1. The highest BCUT2D eigenvalue weighted by molar-refractivity contribution is 7.21. The molecule has 2 aromatic carbocycles. The predicted molar refractivity (Wildman–Crippen MR) is 102 cm³/mol. The van der Waals surface area contributed by atoms with Crippen LogP contribution in [0.25, 0.3) is 10.1 Å². The maximum absolute atomic E-state index is 12.2. The van der Waals surface area contributed by atoms with E-state index in [1.165, 1.54) is 0 Å². The molecule has 1 N–H and O–H groups in total. The highest BCUT2D eigenvalue weighted by atomic mass is 35.5. The van der Waals surface area contributed by atoms with Gasteiger partial charge in [-0.25, -0.2) is 4.79 Å². The summed E-state index contributed by atoms with van der Waals surface area (Å²) in [5.74, 6) is -1.18. The van der Waals surface area contributed by atoms with Crippen molar-refractivity contribution in [3.8, 4) is 6.07 Å². The number of thiophene rings is 1. The average molecular weight is 405 g/mol. The molecule has 3 aromatic rings. The number of halogens is 2. The van der Waals surface area contributed by atoms with Gasteiger partial charge in [-0.3, -0.25) is 4.79 Å². The van der Waals surface area contributed by atoms with Crippen molar-refractivity contribution < 1.29 is 14.3 Å². The van der Waals surface area contributed by atoms with Crippen molar-refractivity contribution in [2.24, 2.45) is 0 Å². The van der Waals surface area contributed by atoms with E-state index in [-0.39, 0.29) is 9.90 Å². The summed E-state index contributed by atoms with van der Waals surface area (Å²) in [6, 6.07) is 13.4. The number of carbonyl (C=O) groups excluding carboxylic acids is 2. The molecule has 0 bridgehead atoms. The molecule has 1 aromatic heterocycles. The summed E-state index contributed by atoms with van der Waals surface area (Å²) < 4.78 is 5.80. The second-order valence-corrected chi connectivity index (χ2v) is 7.07. The first kappa shape index (κ1) is 18.2. The van der Waals surface area contributed by atoms with E-state index in [4.69, 9.17) is 33.2 Å². The van der Waals surface area contributed by atoms with Crippen LogP contribution in [0.2, 0.25) is 10.0 Å². The topological polar surface area (TPSA) is 79.2 Å². The van der Waals surface area contributed by atoms with Crippen LogP contribution >= 0.6 is 34.5 Å². The molecule has 0 aliphatic heterocycles. The molecule has 26 heavy (non-hydrogen) atoms. The molecular formula is C18H10Cl2N2O3S. The smallest absolute Gasteiger partial charge is 0.350 e. The minimum atomic E-state index is -0.678. The number of hydrogen-bond acceptors (Lipinski definition) is 5. The first-order valence-electron chi connectivity index (χ1n) is 7.32. The Morgan fingerprint density at radius 3 is 2.58 bits per heavy atom. The number of ether oxygens (including phenoxy) is 1. The number of rotatable bonds is 4. The molecule has 0 aliphatic rings. The molecule has 1 heterocycles. The number of nitriles is 1. The summed E-state index contributed by atoms with van der Waals surface area (Å²) in [5.41, 5.74) is 0.980. The Morgan fingerprint density at radius 1 is 1.15 bits per heavy atom. The number of benzene rings is 2. The number of nitrogens with one attached hydrogen (secondary N) is 1. The molecule has 0 saturated carbocycles. The number of anilines is 1. The van der Waals surface area contributed by atoms with E-state index in [1.54, 1.807) is 42.5 Å². The Bertz CT molecular complexity index is 1040. The largest absolute Gasteiger partial charge is 0.451 e. The molecule has 1 amide bonds. The molecule has 0 unspecified atom stereocenters. The zero-order valence-corrected chi connectivity index (χ0v) is 15.4. The highest BCUT2D eigenvalue weighted by Crippen LogP contribution is 2.37. The van der Waals surface area contributed by atoms with Crippen molar-refractivity contribution in [3.63, 3.8) is 0 Å². The van der Waals surface area contributed by atoms with Gasteiger partial charge in [0.05, 0.1) is 16.7 Å². The van der Waals surface area contributed by atoms with Crippen LogP contribution in [0.15, 0.2) is 42.5 Å². The van der Waals surface area contributed by atoms with Crippen LogP contribution in [0.4, 0.5) is 5.69 Å². The summed E-state index contributed by atoms with van der Waals surface area (Å²) >= 11 is 13.3. The second-order valence-electron chi connectivity index (χ2n) is 5.20. The molecule has 0 fully saturated rings. The zero-order chi connectivity index (χ0) is 18.7. The van der Waals surface area contributed by atoms with Gasteiger partial charge in [0.2, 0.25) is 0 Å². The van der Waals surface area contributed by atoms with Crippen molar-refractivity contribution in [1.29, 1.82) is 5.26 Å². The van der Waals surface area contributed by atoms with Crippen molar-refractivity contribution in [2.45, 2.75) is 0 Å². The van der Waals surface area contributed by atoms with Crippen LogP contribution in [-0.4, -0.2) is 18.5 Å². The van der Waals surface area contributed by atoms with E-state index in [1.807, 2.05) is 6.07 Å². The molecule has 5 nitrogen and oxygen atoms in total. The molecule has 3 rings (SSSR count). The summed E-state index contributed by atoms with van der Waals surface area (Å²) in [4.78, 5) is 24.3. The van der Waals surface area contributed by atoms with E-state index in [0.29, 0.717) is 21.7 Å². The number of nitrogens with zero attached hydrogens (tertiary/aromatic N) is 1. The molecule has 0 radical (unpaired) electrons. The van der Waals surface area contributed by atoms with E-state index >= 15 is 0 Å². The lowest BCUT2D eigenvalue weighted by Gasteiger charge is -2.06. The maximum atomic E-state index is 12.2. The van der Waals surface area contributed by atoms with Crippen LogP contribution in [0.1, 0.15) is 15.2 Å². The Morgan fingerprint density at radius 2 is 1.88 bits per heavy atom. The quantitative estimate of drug-likeness (QED) is 0.628. The SMILES string of the molecule is N#Cc1ccc(NC(=O)COC(=O)c2sc3cc(Cl)ccc3c2Cl)cc1. The zero-order valence-electron chi connectivity index (χ0n) is 13.1. The minimum absolute atomic E-state index is 0.218. The highest BCUT2D eigenvalue weighted by Gasteiger charge is 2.19. The monoisotopic (exact) mass is 404 g/mol. The molecule has 8 heteroatoms. The van der Waals surface area contributed by atoms with Gasteiger partial charge in [-0.1, -0.05) is 29.3 Å². The lowest BCUT2D eigenvalue weighted by atomic mass is 10.2. The van der Waals surface area contributed by atoms with Crippen molar-refractivity contribution in [2.75, 3.05) is 11.9 Å². The van der Waals surface area contributed by atoms with E-state index in [9.17, 15) is 9.59 Å². The van der Waals surface area contributed by atoms with Crippen molar-refractivity contribution in [1.82, 2.24) is 0 Å². The van der Waals surface area contributed by atoms with E-state index < -0.39 is 18.5 Å². The van der Waals surface area contributed by atoms with Crippen LogP contribution < -0.4 is 5.32 Å². The summed E-state index contributed by atoms with van der Waals surface area (Å²) in [7, 11) is 0. The van der Waals surface area contributed by atoms with Crippen molar-refractivity contribution in [3.05, 3.63) is 63.0 Å². The normalized spacial score (nSPS) is 10.3. The van der Waals surface area contributed by atoms with Crippen LogP contribution in [-0.2, 0) is 9.53 Å². The third-order valence-electron chi connectivity index (χ3n) is 3.41. The molecule has 0 saturated heterocycles. The first-order valence-corrected chi connectivity index (χ1v) is 8.90. The maximum Gasteiger partial charge on any atom is 0.350 e. The predicted octanol–water partition coefficient (Wildman–Crippen LogP) is 4.88. The number of carbonyl (C=O) groups is 2. The lowest BCUT2D eigenvalue weighted by molar-refractivity contribution is -0.119. The third-order valence-corrected chi connectivity index (χ3v) is 5.28. The van der Waals surface area contributed by atoms with Gasteiger partial charge in [0.1, 0.15) is 4.88 Å². The van der Waals surface area contributed by atoms with Gasteiger partial charge in [0.25, 0.3) is 5.91 Å². The number of hydrogen-bond donors (Lipinski definition) is 1. The van der Waals surface area contributed by atoms with Gasteiger partial charge in [-0.2, -0.15) is 5.26 Å². The number of fused-ring (bicyclic) bond motifs is 1. The van der Waals surface area contributed by atoms with Gasteiger partial charge in [-0.15, -0.1) is 11.3 Å². The number of esters is 1. The summed E-state index contributed by atoms with van der Waals surface area (Å²) in [5, 5.41) is 12.8. The van der Waals surface area contributed by atoms with Crippen molar-refractivity contribution >= 4 is 62.2 Å². The Balaban J connectivity index is 1.64. The molecule has 0 spiro atoms. The summed E-state index contributed by atoms with van der Waals surface area (Å²) in [6.07, 6.45) is 0. The fraction of sp³-hybridized carbons (Fsp3) is 0.0556. The minimum Gasteiger partial charge on any atom is -0.451 e. The van der Waals surface area contributed by atoms with Gasteiger partial charge in [0, 0.05) is 20.8 Å². The molecule has 0 aliphatic carbocycles. The van der Waals surface area contributed by atoms with E-state index in [0.717, 1.165) is 16.0 Å². The van der Waals surface area contributed by atoms with Gasteiger partial charge in [-0.05, 0) is 36.4 Å². The molecule has 0 atom stereocenters. The van der Waals surface area contributed by atoms with Crippen LogP contribution in [0.3, 0.4) is 0 Å². The third kappa shape index (κ3) is 3.97.